The Hall–Kier alpha value is -1.36. The molecule has 1 aromatic carbocycles. The molecule has 118 valence electrons. The Bertz CT molecular complexity index is 545. The third-order valence-corrected chi connectivity index (χ3v) is 4.46. The third kappa shape index (κ3) is 3.51. The number of hydrogen-bond acceptors (Lipinski definition) is 3. The Kier molecular flexibility index (Phi) is 4.95. The summed E-state index contributed by atoms with van der Waals surface area (Å²) < 4.78 is 12.3. The van der Waals surface area contributed by atoms with Gasteiger partial charge < -0.3 is 14.6 Å². The normalized spacial score (nSPS) is 20.2. The van der Waals surface area contributed by atoms with Crippen LogP contribution < -0.4 is 5.32 Å². The van der Waals surface area contributed by atoms with Crippen molar-refractivity contribution in [3.63, 3.8) is 0 Å². The van der Waals surface area contributed by atoms with Crippen LogP contribution in [0, 0.1) is 0 Å². The third-order valence-electron chi connectivity index (χ3n) is 4.46. The van der Waals surface area contributed by atoms with Crippen molar-refractivity contribution in [2.24, 2.45) is 0 Å². The first-order chi connectivity index (χ1) is 10.3. The predicted octanol–water partition coefficient (Wildman–Crippen LogP) is 3.56. The van der Waals surface area contributed by atoms with E-state index >= 15 is 0 Å². The van der Waals surface area contributed by atoms with Gasteiger partial charge in [-0.3, -0.25) is 0 Å². The molecule has 1 N–H and O–H groups in total. The summed E-state index contributed by atoms with van der Waals surface area (Å²) in [5.74, 6) is 0. The fourth-order valence-corrected chi connectivity index (χ4v) is 2.34. The first kappa shape index (κ1) is 17.0. The molecule has 1 aromatic rings. The van der Waals surface area contributed by atoms with Crippen LogP contribution in [0.3, 0.4) is 0 Å². The molecule has 1 aliphatic heterocycles. The summed E-state index contributed by atoms with van der Waals surface area (Å²) in [6.45, 7) is 12.8. The summed E-state index contributed by atoms with van der Waals surface area (Å²) in [5, 5.41) is 3.20. The Morgan fingerprint density at radius 1 is 1.09 bits per heavy atom. The van der Waals surface area contributed by atoms with E-state index in [-0.39, 0.29) is 18.3 Å². The molecule has 0 spiro atoms. The lowest BCUT2D eigenvalue weighted by Gasteiger charge is -2.32. The number of rotatable bonds is 5. The average molecular weight is 299 g/mol. The molecule has 0 aliphatic carbocycles. The van der Waals surface area contributed by atoms with Gasteiger partial charge in [-0.25, -0.2) is 0 Å². The van der Waals surface area contributed by atoms with Crippen molar-refractivity contribution < 1.29 is 9.31 Å². The molecule has 0 aromatic heterocycles. The van der Waals surface area contributed by atoms with E-state index in [1.165, 1.54) is 0 Å². The van der Waals surface area contributed by atoms with Gasteiger partial charge in [0.2, 0.25) is 0 Å². The van der Waals surface area contributed by atoms with Gasteiger partial charge in [-0.2, -0.15) is 0 Å². The molecule has 0 radical (unpaired) electrons. The molecule has 0 amide bonds. The minimum absolute atomic E-state index is 0.322. The molecular weight excluding hydrogens is 273 g/mol. The largest absolute Gasteiger partial charge is 0.491 e. The van der Waals surface area contributed by atoms with Crippen LogP contribution in [-0.4, -0.2) is 31.9 Å². The molecule has 1 heterocycles. The quantitative estimate of drug-likeness (QED) is 0.843. The highest BCUT2D eigenvalue weighted by molar-refractivity contribution is 6.55. The Labute approximate surface area is 134 Å². The lowest BCUT2D eigenvalue weighted by molar-refractivity contribution is 0.00578. The Morgan fingerprint density at radius 3 is 2.05 bits per heavy atom. The SMILES string of the molecule is C=Cc1ccc(C=C(CNC)B2OC(C)(C)C(C)(C)O2)cc1. The summed E-state index contributed by atoms with van der Waals surface area (Å²) in [7, 11) is 1.61. The zero-order valence-corrected chi connectivity index (χ0v) is 14.3. The van der Waals surface area contributed by atoms with E-state index in [4.69, 9.17) is 9.31 Å². The highest BCUT2D eigenvalue weighted by Crippen LogP contribution is 2.38. The van der Waals surface area contributed by atoms with E-state index in [1.54, 1.807) is 0 Å². The van der Waals surface area contributed by atoms with Gasteiger partial charge in [0.25, 0.3) is 0 Å². The van der Waals surface area contributed by atoms with Crippen LogP contribution in [0.2, 0.25) is 0 Å². The maximum Gasteiger partial charge on any atom is 0.491 e. The highest BCUT2D eigenvalue weighted by Gasteiger charge is 2.52. The minimum Gasteiger partial charge on any atom is -0.400 e. The molecule has 0 bridgehead atoms. The smallest absolute Gasteiger partial charge is 0.400 e. The van der Waals surface area contributed by atoms with E-state index in [1.807, 2.05) is 13.1 Å². The van der Waals surface area contributed by atoms with E-state index in [9.17, 15) is 0 Å². The van der Waals surface area contributed by atoms with Gasteiger partial charge in [0.05, 0.1) is 11.2 Å². The van der Waals surface area contributed by atoms with Crippen LogP contribution in [0.5, 0.6) is 0 Å². The number of benzene rings is 1. The van der Waals surface area contributed by atoms with Crippen LogP contribution in [0.1, 0.15) is 38.8 Å². The molecular formula is C18H26BNO2. The van der Waals surface area contributed by atoms with Crippen molar-refractivity contribution >= 4 is 19.3 Å². The van der Waals surface area contributed by atoms with Crippen LogP contribution in [0.25, 0.3) is 12.2 Å². The Balaban J connectivity index is 2.26. The summed E-state index contributed by atoms with van der Waals surface area (Å²) in [6, 6.07) is 8.27. The summed E-state index contributed by atoms with van der Waals surface area (Å²) in [4.78, 5) is 0. The molecule has 4 heteroatoms. The zero-order valence-electron chi connectivity index (χ0n) is 14.3. The van der Waals surface area contributed by atoms with Crippen LogP contribution in [-0.2, 0) is 9.31 Å². The molecule has 0 unspecified atom stereocenters. The number of nitrogens with one attached hydrogen (secondary N) is 1. The predicted molar refractivity (Wildman–Crippen MR) is 94.5 cm³/mol. The van der Waals surface area contributed by atoms with Crippen LogP contribution in [0.4, 0.5) is 0 Å². The van der Waals surface area contributed by atoms with Crippen molar-refractivity contribution in [2.75, 3.05) is 13.6 Å². The highest BCUT2D eigenvalue weighted by atomic mass is 16.7. The summed E-state index contributed by atoms with van der Waals surface area (Å²) >= 11 is 0. The van der Waals surface area contributed by atoms with Crippen LogP contribution >= 0.6 is 0 Å². The lowest BCUT2D eigenvalue weighted by atomic mass is 9.77. The fourth-order valence-electron chi connectivity index (χ4n) is 2.34. The van der Waals surface area contributed by atoms with Crippen molar-refractivity contribution in [3.05, 3.63) is 47.4 Å². The molecule has 1 aliphatic rings. The standard InChI is InChI=1S/C18H26BNO2/c1-7-14-8-10-15(11-9-14)12-16(13-20-6)19-21-17(2,3)18(4,5)22-19/h7-12,20H,1,13H2,2-6H3. The monoisotopic (exact) mass is 299 g/mol. The van der Waals surface area contributed by atoms with Gasteiger partial charge in [-0.05, 0) is 51.3 Å². The van der Waals surface area contributed by atoms with E-state index in [0.717, 1.165) is 23.1 Å². The molecule has 2 rings (SSSR count). The number of likely N-dealkylation sites (N-methyl/N-ethyl adjacent to an activating group) is 1. The topological polar surface area (TPSA) is 30.5 Å². The average Bonchev–Trinajstić information content (AvgIpc) is 2.68. The van der Waals surface area contributed by atoms with E-state index < -0.39 is 0 Å². The van der Waals surface area contributed by atoms with Crippen molar-refractivity contribution in [1.82, 2.24) is 5.32 Å². The van der Waals surface area contributed by atoms with Crippen molar-refractivity contribution in [2.45, 2.75) is 38.9 Å². The molecule has 0 atom stereocenters. The van der Waals surface area contributed by atoms with Gasteiger partial charge in [0.15, 0.2) is 0 Å². The first-order valence-electron chi connectivity index (χ1n) is 7.72. The zero-order chi connectivity index (χ0) is 16.4. The molecule has 1 saturated heterocycles. The van der Waals surface area contributed by atoms with Gasteiger partial charge in [-0.1, -0.05) is 43.0 Å². The number of hydrogen-bond donors (Lipinski definition) is 1. The second kappa shape index (κ2) is 6.41. The Morgan fingerprint density at radius 2 is 1.59 bits per heavy atom. The molecule has 22 heavy (non-hydrogen) atoms. The van der Waals surface area contributed by atoms with Gasteiger partial charge in [0, 0.05) is 6.54 Å². The van der Waals surface area contributed by atoms with Crippen molar-refractivity contribution in [3.8, 4) is 0 Å². The maximum absolute atomic E-state index is 6.15. The van der Waals surface area contributed by atoms with Gasteiger partial charge in [-0.15, -0.1) is 0 Å². The van der Waals surface area contributed by atoms with E-state index in [2.05, 4.69) is 69.9 Å². The summed E-state index contributed by atoms with van der Waals surface area (Å²) in [5.41, 5.74) is 2.69. The van der Waals surface area contributed by atoms with Crippen molar-refractivity contribution in [1.29, 1.82) is 0 Å². The second-order valence-corrected chi connectivity index (χ2v) is 6.71. The fraction of sp³-hybridized carbons (Fsp3) is 0.444. The summed E-state index contributed by atoms with van der Waals surface area (Å²) in [6.07, 6.45) is 3.97. The minimum atomic E-state index is -0.323. The second-order valence-electron chi connectivity index (χ2n) is 6.71. The molecule has 1 fully saturated rings. The maximum atomic E-state index is 6.15. The van der Waals surface area contributed by atoms with Gasteiger partial charge >= 0.3 is 7.12 Å². The van der Waals surface area contributed by atoms with Gasteiger partial charge in [0.1, 0.15) is 0 Å². The lowest BCUT2D eigenvalue weighted by Crippen LogP contribution is -2.41. The first-order valence-corrected chi connectivity index (χ1v) is 7.72. The molecule has 3 nitrogen and oxygen atoms in total. The van der Waals surface area contributed by atoms with E-state index in [0.29, 0.717) is 0 Å². The van der Waals surface area contributed by atoms with Crippen LogP contribution in [0.15, 0.2) is 36.3 Å². The molecule has 0 saturated carbocycles.